The molecule has 0 bridgehead atoms. The van der Waals surface area contributed by atoms with Gasteiger partial charge in [0.2, 0.25) is 0 Å². The van der Waals surface area contributed by atoms with E-state index in [1.54, 1.807) is 0 Å². The first-order valence-corrected chi connectivity index (χ1v) is 14.8. The summed E-state index contributed by atoms with van der Waals surface area (Å²) in [5, 5.41) is 0. The number of halogens is 2. The van der Waals surface area contributed by atoms with Crippen molar-refractivity contribution in [2.45, 2.75) is 52.1 Å². The minimum atomic E-state index is -2.48. The summed E-state index contributed by atoms with van der Waals surface area (Å²) in [6.45, 7) is 8.57. The predicted octanol–water partition coefficient (Wildman–Crippen LogP) is 3.13. The Morgan fingerprint density at radius 1 is 1.43 bits per heavy atom. The van der Waals surface area contributed by atoms with Crippen LogP contribution in [0.1, 0.15) is 40.5 Å². The topological polar surface area (TPSA) is 15.6 Å². The zero-order valence-corrected chi connectivity index (χ0v) is 14.0. The molecule has 0 saturated heterocycles. The van der Waals surface area contributed by atoms with Crippen LogP contribution >= 0.6 is 17.2 Å². The molecule has 0 fully saturated rings. The van der Waals surface area contributed by atoms with Crippen LogP contribution in [-0.2, 0) is 0 Å². The third-order valence-corrected chi connectivity index (χ3v) is 9.03. The number of hydrogen-bond donors (Lipinski definition) is 0. The molecule has 0 atom stereocenters. The van der Waals surface area contributed by atoms with E-state index in [2.05, 4.69) is 35.6 Å². The minimum absolute atomic E-state index is 0.0804. The first-order valence-electron chi connectivity index (χ1n) is 4.99. The number of amidine groups is 1. The molecule has 0 N–H and O–H groups in total. The van der Waals surface area contributed by atoms with E-state index in [4.69, 9.17) is 17.2 Å². The van der Waals surface area contributed by atoms with Crippen LogP contribution in [0, 0.1) is 0 Å². The zero-order valence-electron chi connectivity index (χ0n) is 9.22. The normalized spacial score (nSPS) is 19.8. The third kappa shape index (κ3) is 3.21. The van der Waals surface area contributed by atoms with Gasteiger partial charge in [-0.2, -0.15) is 0 Å². The molecule has 0 aliphatic carbocycles. The number of hydrogen-bond acceptors (Lipinski definition) is 2. The van der Waals surface area contributed by atoms with Crippen LogP contribution in [-0.4, -0.2) is 39.7 Å². The fraction of sp³-hybridized carbons (Fsp3) is 0.889. The van der Waals surface area contributed by atoms with Gasteiger partial charge in [0, 0.05) is 0 Å². The van der Waals surface area contributed by atoms with Gasteiger partial charge >= 0.3 is 102 Å². The molecule has 1 aliphatic heterocycles. The van der Waals surface area contributed by atoms with E-state index in [9.17, 15) is 0 Å². The first kappa shape index (κ1) is 13.0. The van der Waals surface area contributed by atoms with Crippen molar-refractivity contribution in [2.24, 2.45) is 4.99 Å². The van der Waals surface area contributed by atoms with Gasteiger partial charge in [0.25, 0.3) is 0 Å². The van der Waals surface area contributed by atoms with Gasteiger partial charge in [0.05, 0.1) is 0 Å². The van der Waals surface area contributed by atoms with Crippen molar-refractivity contribution in [1.82, 2.24) is 2.89 Å². The molecular formula is C9H17Cl2InN2. The summed E-state index contributed by atoms with van der Waals surface area (Å²) < 4.78 is 2.18. The zero-order chi connectivity index (χ0) is 10.9. The van der Waals surface area contributed by atoms with Crippen molar-refractivity contribution < 1.29 is 0 Å². The van der Waals surface area contributed by atoms with Crippen LogP contribution in [0.15, 0.2) is 4.99 Å². The van der Waals surface area contributed by atoms with Crippen LogP contribution in [0.2, 0.25) is 0 Å². The van der Waals surface area contributed by atoms with E-state index < -0.39 is 19.4 Å². The summed E-state index contributed by atoms with van der Waals surface area (Å²) in [6.07, 6.45) is 2.13. The molecule has 0 saturated carbocycles. The van der Waals surface area contributed by atoms with Crippen molar-refractivity contribution in [3.63, 3.8) is 0 Å². The van der Waals surface area contributed by atoms with E-state index in [0.717, 1.165) is 18.7 Å². The molecule has 1 rings (SSSR count). The Morgan fingerprint density at radius 2 is 2.00 bits per heavy atom. The summed E-state index contributed by atoms with van der Waals surface area (Å²) in [5.41, 5.74) is 0.0804. The molecule has 14 heavy (non-hydrogen) atoms. The average Bonchev–Trinajstić information content (AvgIpc) is 2.28. The maximum atomic E-state index is 6.13. The molecule has 1 heterocycles. The van der Waals surface area contributed by atoms with Gasteiger partial charge in [-0.1, -0.05) is 0 Å². The number of nitrogens with zero attached hydrogens (tertiary/aromatic N) is 2. The fourth-order valence-electron chi connectivity index (χ4n) is 1.70. The molecule has 0 unspecified atom stereocenters. The van der Waals surface area contributed by atoms with Gasteiger partial charge in [-0.25, -0.2) is 0 Å². The van der Waals surface area contributed by atoms with Crippen LogP contribution in [0.4, 0.5) is 0 Å². The molecule has 0 aromatic heterocycles. The molecule has 0 spiro atoms. The molecule has 80 valence electrons. The predicted molar refractivity (Wildman–Crippen MR) is 65.2 cm³/mol. The van der Waals surface area contributed by atoms with Crippen LogP contribution in [0.5, 0.6) is 0 Å². The van der Waals surface area contributed by atoms with Gasteiger partial charge in [-0.15, -0.1) is 0 Å². The van der Waals surface area contributed by atoms with Crippen LogP contribution in [0.3, 0.4) is 0 Å². The molecule has 5 heteroatoms. The van der Waals surface area contributed by atoms with Crippen LogP contribution in [0.25, 0.3) is 0 Å². The standard InChI is InChI=1S/C9H17N2.2ClH.In/c1-7(2)10-8-5-6-9(3,4)11-8;;;/h7H,5-6H2,1-4H3;2*1H;/q-1;;;+3/p-2. The molecule has 2 nitrogen and oxygen atoms in total. The second-order valence-electron chi connectivity index (χ2n) is 4.62. The van der Waals surface area contributed by atoms with Gasteiger partial charge in [0.1, 0.15) is 0 Å². The summed E-state index contributed by atoms with van der Waals surface area (Å²) in [4.78, 5) is 4.69. The molecule has 1 aliphatic rings. The van der Waals surface area contributed by atoms with E-state index in [0.29, 0.717) is 6.04 Å². The summed E-state index contributed by atoms with van der Waals surface area (Å²) in [5.74, 6) is 1.14. The van der Waals surface area contributed by atoms with Gasteiger partial charge in [-0.05, 0) is 0 Å². The Hall–Kier alpha value is 0.920. The van der Waals surface area contributed by atoms with E-state index >= 15 is 0 Å². The second-order valence-corrected chi connectivity index (χ2v) is 14.8. The SMILES string of the molecule is CC(C)[N](C1=NC(C)(C)CC1)[In]([Cl])[Cl]. The van der Waals surface area contributed by atoms with Gasteiger partial charge < -0.3 is 0 Å². The molecule has 0 amide bonds. The Kier molecular flexibility index (Phi) is 4.49. The quantitative estimate of drug-likeness (QED) is 0.755. The van der Waals surface area contributed by atoms with Gasteiger partial charge in [-0.3, -0.25) is 0 Å². The van der Waals surface area contributed by atoms with Crippen molar-refractivity contribution >= 4 is 42.3 Å². The van der Waals surface area contributed by atoms with Crippen molar-refractivity contribution in [1.29, 1.82) is 0 Å². The van der Waals surface area contributed by atoms with E-state index in [1.807, 2.05) is 0 Å². The second kappa shape index (κ2) is 4.84. The Bertz CT molecular complexity index is 231. The number of rotatable bonds is 2. The fourth-order valence-corrected chi connectivity index (χ4v) is 8.70. The average molecular weight is 339 g/mol. The Morgan fingerprint density at radius 3 is 2.29 bits per heavy atom. The summed E-state index contributed by atoms with van der Waals surface area (Å²) >= 11 is -2.48. The molecule has 0 radical (unpaired) electrons. The van der Waals surface area contributed by atoms with E-state index in [-0.39, 0.29) is 5.54 Å². The van der Waals surface area contributed by atoms with Crippen molar-refractivity contribution in [3.05, 3.63) is 0 Å². The van der Waals surface area contributed by atoms with Crippen molar-refractivity contribution in [2.75, 3.05) is 0 Å². The summed E-state index contributed by atoms with van der Waals surface area (Å²) in [7, 11) is 12.3. The Balaban J connectivity index is 2.81. The summed E-state index contributed by atoms with van der Waals surface area (Å²) in [6, 6.07) is 0.387. The molecule has 0 aromatic rings. The van der Waals surface area contributed by atoms with E-state index in [1.165, 1.54) is 0 Å². The maximum absolute atomic E-state index is 6.13. The first-order chi connectivity index (χ1) is 6.33. The number of aliphatic imine (C=N–C) groups is 1. The monoisotopic (exact) mass is 338 g/mol. The third-order valence-electron chi connectivity index (χ3n) is 2.46. The van der Waals surface area contributed by atoms with Crippen LogP contribution < -0.4 is 0 Å². The van der Waals surface area contributed by atoms with Crippen molar-refractivity contribution in [3.8, 4) is 0 Å². The molecular weight excluding hydrogens is 322 g/mol. The molecule has 0 aromatic carbocycles. The Labute approximate surface area is 102 Å². The van der Waals surface area contributed by atoms with Gasteiger partial charge in [0.15, 0.2) is 0 Å².